The number of nitrogens with zero attached hydrogens (tertiary/aromatic N) is 2. The molecule has 2 aliphatic heterocycles. The molecule has 6 nitrogen and oxygen atoms in total. The molecule has 4 rings (SSSR count). The number of ether oxygens (including phenoxy) is 1. The van der Waals surface area contributed by atoms with Crippen LogP contribution in [-0.2, 0) is 16.1 Å². The van der Waals surface area contributed by atoms with Crippen molar-refractivity contribution in [3.05, 3.63) is 23.9 Å². The second-order valence-corrected chi connectivity index (χ2v) is 8.98. The SMILES string of the molecule is C[C@]12CCC(=O)N1[C@@H](C(=O)NCc1cccnc1OC1CCCC1)CS2. The van der Waals surface area contributed by atoms with Crippen molar-refractivity contribution in [1.82, 2.24) is 15.2 Å². The Hall–Kier alpha value is -1.76. The van der Waals surface area contributed by atoms with E-state index < -0.39 is 0 Å². The first-order valence-electron chi connectivity index (χ1n) is 9.41. The van der Waals surface area contributed by atoms with E-state index in [0.717, 1.165) is 24.8 Å². The summed E-state index contributed by atoms with van der Waals surface area (Å²) in [5.41, 5.74) is 0.883. The Labute approximate surface area is 158 Å². The number of amides is 2. The van der Waals surface area contributed by atoms with Crippen molar-refractivity contribution in [1.29, 1.82) is 0 Å². The molecule has 1 aliphatic carbocycles. The summed E-state index contributed by atoms with van der Waals surface area (Å²) in [6.45, 7) is 2.43. The van der Waals surface area contributed by atoms with Crippen molar-refractivity contribution >= 4 is 23.6 Å². The highest BCUT2D eigenvalue weighted by Gasteiger charge is 2.52. The molecule has 0 aromatic carbocycles. The Morgan fingerprint density at radius 2 is 2.27 bits per heavy atom. The maximum absolute atomic E-state index is 12.7. The highest BCUT2D eigenvalue weighted by molar-refractivity contribution is 8.01. The second kappa shape index (κ2) is 7.10. The normalized spacial score (nSPS) is 28.4. The van der Waals surface area contributed by atoms with Gasteiger partial charge < -0.3 is 15.0 Å². The summed E-state index contributed by atoms with van der Waals surface area (Å²) >= 11 is 1.71. The fourth-order valence-corrected chi connectivity index (χ4v) is 5.58. The quantitative estimate of drug-likeness (QED) is 0.856. The molecule has 26 heavy (non-hydrogen) atoms. The van der Waals surface area contributed by atoms with E-state index in [9.17, 15) is 9.59 Å². The van der Waals surface area contributed by atoms with Crippen molar-refractivity contribution in [2.24, 2.45) is 0 Å². The Kier molecular flexibility index (Phi) is 4.82. The predicted octanol–water partition coefficient (Wildman–Crippen LogP) is 2.47. The van der Waals surface area contributed by atoms with Crippen LogP contribution in [0.3, 0.4) is 0 Å². The summed E-state index contributed by atoms with van der Waals surface area (Å²) in [4.78, 5) is 30.8. The number of carbonyl (C=O) groups excluding carboxylic acids is 2. The van der Waals surface area contributed by atoms with E-state index in [1.54, 1.807) is 22.9 Å². The van der Waals surface area contributed by atoms with Crippen LogP contribution >= 0.6 is 11.8 Å². The third-order valence-corrected chi connectivity index (χ3v) is 7.14. The summed E-state index contributed by atoms with van der Waals surface area (Å²) < 4.78 is 6.04. The number of nitrogens with one attached hydrogen (secondary N) is 1. The van der Waals surface area contributed by atoms with Crippen LogP contribution in [0.15, 0.2) is 18.3 Å². The molecular weight excluding hydrogens is 350 g/mol. The molecule has 1 saturated carbocycles. The maximum Gasteiger partial charge on any atom is 0.243 e. The number of thioether (sulfide) groups is 1. The molecule has 3 heterocycles. The van der Waals surface area contributed by atoms with Crippen LogP contribution in [0.2, 0.25) is 0 Å². The van der Waals surface area contributed by atoms with E-state index in [2.05, 4.69) is 17.2 Å². The largest absolute Gasteiger partial charge is 0.474 e. The van der Waals surface area contributed by atoms with Gasteiger partial charge in [-0.3, -0.25) is 9.59 Å². The Bertz CT molecular complexity index is 707. The summed E-state index contributed by atoms with van der Waals surface area (Å²) in [6.07, 6.45) is 7.84. The van der Waals surface area contributed by atoms with Gasteiger partial charge >= 0.3 is 0 Å². The lowest BCUT2D eigenvalue weighted by Gasteiger charge is -2.29. The Morgan fingerprint density at radius 1 is 1.46 bits per heavy atom. The van der Waals surface area contributed by atoms with Gasteiger partial charge in [0.15, 0.2) is 0 Å². The molecular formula is C19H25N3O3S. The zero-order valence-corrected chi connectivity index (χ0v) is 15.9. The van der Waals surface area contributed by atoms with Crippen molar-refractivity contribution < 1.29 is 14.3 Å². The van der Waals surface area contributed by atoms with E-state index in [4.69, 9.17) is 4.74 Å². The van der Waals surface area contributed by atoms with Gasteiger partial charge in [-0.25, -0.2) is 4.98 Å². The van der Waals surface area contributed by atoms with E-state index >= 15 is 0 Å². The van der Waals surface area contributed by atoms with Gasteiger partial charge in [0.1, 0.15) is 12.1 Å². The average Bonchev–Trinajstić information content (AvgIpc) is 3.32. The van der Waals surface area contributed by atoms with Crippen LogP contribution in [0.4, 0.5) is 0 Å². The number of fused-ring (bicyclic) bond motifs is 1. The average molecular weight is 375 g/mol. The monoisotopic (exact) mass is 375 g/mol. The minimum Gasteiger partial charge on any atom is -0.474 e. The summed E-state index contributed by atoms with van der Waals surface area (Å²) in [7, 11) is 0. The lowest BCUT2D eigenvalue weighted by Crippen LogP contribution is -2.49. The van der Waals surface area contributed by atoms with Crippen LogP contribution in [0.1, 0.15) is 51.0 Å². The molecule has 3 fully saturated rings. The summed E-state index contributed by atoms with van der Waals surface area (Å²) in [6, 6.07) is 3.41. The number of carbonyl (C=O) groups is 2. The lowest BCUT2D eigenvalue weighted by molar-refractivity contribution is -0.138. The van der Waals surface area contributed by atoms with Gasteiger partial charge in [-0.15, -0.1) is 11.8 Å². The van der Waals surface area contributed by atoms with E-state index in [-0.39, 0.29) is 28.8 Å². The predicted molar refractivity (Wildman–Crippen MR) is 99.7 cm³/mol. The van der Waals surface area contributed by atoms with E-state index in [1.807, 2.05) is 12.1 Å². The fraction of sp³-hybridized carbons (Fsp3) is 0.632. The van der Waals surface area contributed by atoms with Gasteiger partial charge in [0.05, 0.1) is 4.87 Å². The zero-order chi connectivity index (χ0) is 18.1. The van der Waals surface area contributed by atoms with Crippen molar-refractivity contribution in [3.63, 3.8) is 0 Å². The van der Waals surface area contributed by atoms with Crippen LogP contribution in [0.25, 0.3) is 0 Å². The first-order valence-corrected chi connectivity index (χ1v) is 10.4. The van der Waals surface area contributed by atoms with Crippen LogP contribution in [0, 0.1) is 0 Å². The topological polar surface area (TPSA) is 71.5 Å². The van der Waals surface area contributed by atoms with Gasteiger partial charge in [0.25, 0.3) is 0 Å². The first-order chi connectivity index (χ1) is 12.6. The molecule has 140 valence electrons. The highest BCUT2D eigenvalue weighted by atomic mass is 32.2. The lowest BCUT2D eigenvalue weighted by atomic mass is 10.2. The third-order valence-electron chi connectivity index (χ3n) is 5.63. The standard InChI is InChI=1S/C19H25N3O3S/c1-19-9-8-16(23)22(19)15(12-26-19)17(24)21-11-13-5-4-10-20-18(13)25-14-6-2-3-7-14/h4-5,10,14-15H,2-3,6-9,11-12H2,1H3,(H,21,24)/t15-,19+/m1/s1. The first kappa shape index (κ1) is 17.6. The van der Waals surface area contributed by atoms with E-state index in [0.29, 0.717) is 24.6 Å². The molecule has 1 aromatic heterocycles. The highest BCUT2D eigenvalue weighted by Crippen LogP contribution is 2.47. The third kappa shape index (κ3) is 3.29. The zero-order valence-electron chi connectivity index (χ0n) is 15.1. The van der Waals surface area contributed by atoms with Gasteiger partial charge in [-0.1, -0.05) is 6.07 Å². The molecule has 2 amide bonds. The van der Waals surface area contributed by atoms with Crippen LogP contribution in [0.5, 0.6) is 5.88 Å². The van der Waals surface area contributed by atoms with Crippen LogP contribution < -0.4 is 10.1 Å². The number of hydrogen-bond donors (Lipinski definition) is 1. The van der Waals surface area contributed by atoms with Gasteiger partial charge in [0.2, 0.25) is 17.7 Å². The molecule has 1 aromatic rings. The minimum atomic E-state index is -0.379. The Balaban J connectivity index is 1.40. The molecule has 2 atom stereocenters. The van der Waals surface area contributed by atoms with Crippen LogP contribution in [-0.4, -0.2) is 44.5 Å². The number of aromatic nitrogens is 1. The van der Waals surface area contributed by atoms with Gasteiger partial charge in [-0.2, -0.15) is 0 Å². The summed E-state index contributed by atoms with van der Waals surface area (Å²) in [5.74, 6) is 1.27. The Morgan fingerprint density at radius 3 is 3.08 bits per heavy atom. The van der Waals surface area contributed by atoms with Gasteiger partial charge in [-0.05, 0) is 45.1 Å². The fourth-order valence-electron chi connectivity index (χ4n) is 4.14. The number of hydrogen-bond acceptors (Lipinski definition) is 5. The van der Waals surface area contributed by atoms with Crippen molar-refractivity contribution in [2.75, 3.05) is 5.75 Å². The summed E-state index contributed by atoms with van der Waals surface area (Å²) in [5, 5.41) is 2.99. The minimum absolute atomic E-state index is 0.0873. The molecule has 0 radical (unpaired) electrons. The molecule has 0 bridgehead atoms. The molecule has 2 saturated heterocycles. The molecule has 0 spiro atoms. The molecule has 0 unspecified atom stereocenters. The van der Waals surface area contributed by atoms with Gasteiger partial charge in [0, 0.05) is 30.5 Å². The van der Waals surface area contributed by atoms with Crippen molar-refractivity contribution in [2.45, 2.75) is 69.0 Å². The number of rotatable bonds is 5. The maximum atomic E-state index is 12.7. The molecule has 7 heteroatoms. The molecule has 3 aliphatic rings. The number of pyridine rings is 1. The molecule has 1 N–H and O–H groups in total. The second-order valence-electron chi connectivity index (χ2n) is 7.48. The van der Waals surface area contributed by atoms with E-state index in [1.165, 1.54) is 12.8 Å². The smallest absolute Gasteiger partial charge is 0.243 e. The van der Waals surface area contributed by atoms with Crippen molar-refractivity contribution in [3.8, 4) is 5.88 Å².